The highest BCUT2D eigenvalue weighted by atomic mass is 32.3. The highest BCUT2D eigenvalue weighted by molar-refractivity contribution is 8.02. The molecule has 1 heterocycles. The largest absolute Gasteiger partial charge is 0.408 e. The van der Waals surface area contributed by atoms with E-state index in [2.05, 4.69) is 3.63 Å². The van der Waals surface area contributed by atoms with Crippen LogP contribution < -0.4 is 0 Å². The number of benzene rings is 1. The van der Waals surface area contributed by atoms with Crippen molar-refractivity contribution in [3.05, 3.63) is 35.4 Å². The molecule has 7 nitrogen and oxygen atoms in total. The van der Waals surface area contributed by atoms with Gasteiger partial charge in [-0.25, -0.2) is 0 Å². The lowest BCUT2D eigenvalue weighted by Gasteiger charge is -2.12. The standard InChI is InChI=1S/C11H11NO6S2/c13-10-8-4-1-2-5-9(8)11(14)12(10)6-3-7-19-18-20(15,16)17/h1-2,4-5H,3,6-7H2,(H,15,16,17). The van der Waals surface area contributed by atoms with Gasteiger partial charge in [0.2, 0.25) is 0 Å². The Kier molecular flexibility index (Phi) is 4.43. The Hall–Kier alpha value is -1.42. The summed E-state index contributed by atoms with van der Waals surface area (Å²) in [5.74, 6) is -0.495. The molecule has 20 heavy (non-hydrogen) atoms. The molecule has 108 valence electrons. The van der Waals surface area contributed by atoms with Crippen LogP contribution in [0.2, 0.25) is 0 Å². The number of hydrogen-bond acceptors (Lipinski definition) is 6. The van der Waals surface area contributed by atoms with Gasteiger partial charge in [-0.3, -0.25) is 19.0 Å². The van der Waals surface area contributed by atoms with E-state index in [1.165, 1.54) is 0 Å². The Bertz CT molecular complexity index is 607. The van der Waals surface area contributed by atoms with E-state index in [0.29, 0.717) is 29.6 Å². The zero-order valence-electron chi connectivity index (χ0n) is 10.2. The zero-order chi connectivity index (χ0) is 14.8. The first-order chi connectivity index (χ1) is 9.40. The van der Waals surface area contributed by atoms with E-state index in [4.69, 9.17) is 4.55 Å². The van der Waals surface area contributed by atoms with Gasteiger partial charge in [0, 0.05) is 24.3 Å². The molecule has 1 N–H and O–H groups in total. The minimum absolute atomic E-state index is 0.161. The van der Waals surface area contributed by atoms with Crippen LogP contribution in [0, 0.1) is 0 Å². The summed E-state index contributed by atoms with van der Waals surface area (Å²) in [6, 6.07) is 6.55. The van der Waals surface area contributed by atoms with Crippen LogP contribution >= 0.6 is 12.0 Å². The summed E-state index contributed by atoms with van der Waals surface area (Å²) in [6.45, 7) is 0.161. The maximum atomic E-state index is 12.0. The van der Waals surface area contributed by atoms with E-state index < -0.39 is 10.4 Å². The van der Waals surface area contributed by atoms with Crippen molar-refractivity contribution in [2.45, 2.75) is 6.42 Å². The highest BCUT2D eigenvalue weighted by Gasteiger charge is 2.34. The van der Waals surface area contributed by atoms with Crippen LogP contribution in [-0.4, -0.2) is 42.0 Å². The molecule has 0 spiro atoms. The Labute approximate surface area is 120 Å². The van der Waals surface area contributed by atoms with Crippen LogP contribution in [0.4, 0.5) is 0 Å². The van der Waals surface area contributed by atoms with Gasteiger partial charge in [0.05, 0.1) is 11.1 Å². The molecule has 2 amide bonds. The molecule has 0 saturated heterocycles. The molecule has 0 fully saturated rings. The molecule has 0 radical (unpaired) electrons. The average molecular weight is 317 g/mol. The predicted molar refractivity (Wildman–Crippen MR) is 71.5 cm³/mol. The van der Waals surface area contributed by atoms with Crippen LogP contribution in [0.1, 0.15) is 27.1 Å². The van der Waals surface area contributed by atoms with Crippen LogP contribution in [0.3, 0.4) is 0 Å². The summed E-state index contributed by atoms with van der Waals surface area (Å²) in [5.41, 5.74) is 0.749. The molecule has 9 heteroatoms. The third-order valence-electron chi connectivity index (χ3n) is 2.62. The first kappa shape index (κ1) is 15.0. The SMILES string of the molecule is O=C1c2ccccc2C(=O)N1CCCSOS(=O)(=O)O. The Morgan fingerprint density at radius 1 is 1.15 bits per heavy atom. The van der Waals surface area contributed by atoms with Crippen molar-refractivity contribution < 1.29 is 26.2 Å². The van der Waals surface area contributed by atoms with Crippen LogP contribution in [0.5, 0.6) is 0 Å². The van der Waals surface area contributed by atoms with E-state index in [9.17, 15) is 18.0 Å². The minimum atomic E-state index is -4.47. The predicted octanol–water partition coefficient (Wildman–Crippen LogP) is 1.14. The lowest BCUT2D eigenvalue weighted by Crippen LogP contribution is -2.31. The van der Waals surface area contributed by atoms with Gasteiger partial charge in [0.1, 0.15) is 0 Å². The summed E-state index contributed by atoms with van der Waals surface area (Å²) < 4.78 is 33.0. The van der Waals surface area contributed by atoms with Gasteiger partial charge in [0.25, 0.3) is 11.8 Å². The number of carbonyl (C=O) groups excluding carboxylic acids is 2. The molecule has 1 aliphatic rings. The van der Waals surface area contributed by atoms with Crippen molar-refractivity contribution in [3.8, 4) is 0 Å². The molecular weight excluding hydrogens is 306 g/mol. The van der Waals surface area contributed by atoms with E-state index in [-0.39, 0.29) is 24.1 Å². The van der Waals surface area contributed by atoms with E-state index in [1.54, 1.807) is 24.3 Å². The third-order valence-corrected chi connectivity index (χ3v) is 4.15. The van der Waals surface area contributed by atoms with E-state index in [1.807, 2.05) is 0 Å². The van der Waals surface area contributed by atoms with Gasteiger partial charge in [0.15, 0.2) is 0 Å². The molecule has 1 aromatic rings. The smallest absolute Gasteiger partial charge is 0.274 e. The summed E-state index contributed by atoms with van der Waals surface area (Å²) in [4.78, 5) is 25.0. The summed E-state index contributed by atoms with van der Waals surface area (Å²) in [6.07, 6.45) is 0.353. The van der Waals surface area contributed by atoms with E-state index >= 15 is 0 Å². The number of rotatable bonds is 6. The minimum Gasteiger partial charge on any atom is -0.274 e. The number of amides is 2. The van der Waals surface area contributed by atoms with Gasteiger partial charge in [-0.15, -0.1) is 0 Å². The van der Waals surface area contributed by atoms with Gasteiger partial charge in [-0.1, -0.05) is 12.1 Å². The second-order valence-electron chi connectivity index (χ2n) is 3.98. The zero-order valence-corrected chi connectivity index (χ0v) is 11.8. The first-order valence-electron chi connectivity index (χ1n) is 5.64. The molecule has 0 saturated carbocycles. The average Bonchev–Trinajstić information content (AvgIpc) is 2.62. The fraction of sp³-hybridized carbons (Fsp3) is 0.273. The molecular formula is C11H11NO6S2. The molecule has 1 aliphatic heterocycles. The van der Waals surface area contributed by atoms with Gasteiger partial charge in [-0.05, 0) is 18.6 Å². The highest BCUT2D eigenvalue weighted by Crippen LogP contribution is 2.22. The molecule has 0 atom stereocenters. The van der Waals surface area contributed by atoms with E-state index in [0.717, 1.165) is 4.90 Å². The molecule has 0 unspecified atom stereocenters. The molecule has 0 aromatic heterocycles. The number of nitrogens with zero attached hydrogens (tertiary/aromatic N) is 1. The third kappa shape index (κ3) is 3.37. The number of hydrogen-bond donors (Lipinski definition) is 1. The quantitative estimate of drug-likeness (QED) is 0.363. The maximum Gasteiger partial charge on any atom is 0.408 e. The lowest BCUT2D eigenvalue weighted by atomic mass is 10.1. The lowest BCUT2D eigenvalue weighted by molar-refractivity contribution is 0.0654. The Morgan fingerprint density at radius 2 is 1.70 bits per heavy atom. The van der Waals surface area contributed by atoms with Crippen molar-refractivity contribution in [3.63, 3.8) is 0 Å². The molecule has 0 aliphatic carbocycles. The molecule has 2 rings (SSSR count). The fourth-order valence-corrected chi connectivity index (χ4v) is 2.82. The normalized spacial score (nSPS) is 14.8. The van der Waals surface area contributed by atoms with Crippen molar-refractivity contribution >= 4 is 34.3 Å². The summed E-state index contributed by atoms with van der Waals surface area (Å²) >= 11 is 0.543. The Balaban J connectivity index is 1.87. The van der Waals surface area contributed by atoms with Crippen LogP contribution in [0.15, 0.2) is 24.3 Å². The summed E-state index contributed by atoms with van der Waals surface area (Å²) in [7, 11) is -4.47. The Morgan fingerprint density at radius 3 is 2.20 bits per heavy atom. The molecule has 0 bridgehead atoms. The van der Waals surface area contributed by atoms with Crippen LogP contribution in [-0.2, 0) is 14.0 Å². The summed E-state index contributed by atoms with van der Waals surface area (Å²) in [5, 5.41) is 0. The van der Waals surface area contributed by atoms with Crippen molar-refractivity contribution in [1.29, 1.82) is 0 Å². The number of fused-ring (bicyclic) bond motifs is 1. The second kappa shape index (κ2) is 5.92. The first-order valence-corrected chi connectivity index (χ1v) is 7.91. The topological polar surface area (TPSA) is 101 Å². The van der Waals surface area contributed by atoms with Crippen molar-refractivity contribution in [2.24, 2.45) is 0 Å². The second-order valence-corrected chi connectivity index (χ2v) is 6.02. The number of imide groups is 1. The van der Waals surface area contributed by atoms with Gasteiger partial charge < -0.3 is 0 Å². The maximum absolute atomic E-state index is 12.0. The number of carbonyl (C=O) groups is 2. The van der Waals surface area contributed by atoms with Crippen LogP contribution in [0.25, 0.3) is 0 Å². The monoisotopic (exact) mass is 317 g/mol. The van der Waals surface area contributed by atoms with Gasteiger partial charge >= 0.3 is 10.4 Å². The van der Waals surface area contributed by atoms with Crippen molar-refractivity contribution in [1.82, 2.24) is 4.90 Å². The fourth-order valence-electron chi connectivity index (χ4n) is 1.82. The van der Waals surface area contributed by atoms with Crippen molar-refractivity contribution in [2.75, 3.05) is 12.3 Å². The molecule has 1 aromatic carbocycles. The van der Waals surface area contributed by atoms with Gasteiger partial charge in [-0.2, -0.15) is 12.0 Å².